The molecule has 0 aliphatic carbocycles. The number of rotatable bonds is 5. The molecule has 0 radical (unpaired) electrons. The minimum Gasteiger partial charge on any atom is -0.352 e. The van der Waals surface area contributed by atoms with E-state index in [4.69, 9.17) is 0 Å². The summed E-state index contributed by atoms with van der Waals surface area (Å²) in [5, 5.41) is 5.58. The predicted octanol–water partition coefficient (Wildman–Crippen LogP) is 3.94. The molecule has 0 bridgehead atoms. The summed E-state index contributed by atoms with van der Waals surface area (Å²) in [5.41, 5.74) is 0.669. The quantitative estimate of drug-likeness (QED) is 0.771. The van der Waals surface area contributed by atoms with E-state index < -0.39 is 11.7 Å². The van der Waals surface area contributed by atoms with Gasteiger partial charge in [0.25, 0.3) is 0 Å². The molecule has 8 heteroatoms. The van der Waals surface area contributed by atoms with Gasteiger partial charge in [0.1, 0.15) is 0 Å². The molecule has 1 aliphatic rings. The summed E-state index contributed by atoms with van der Waals surface area (Å²) < 4.78 is 38.3. The number of halogens is 3. The highest BCUT2D eigenvalue weighted by Crippen LogP contribution is 2.29. The Kier molecular flexibility index (Phi) is 6.97. The van der Waals surface area contributed by atoms with Crippen molar-refractivity contribution in [1.29, 1.82) is 0 Å². The van der Waals surface area contributed by atoms with Crippen LogP contribution in [-0.2, 0) is 24.1 Å². The lowest BCUT2D eigenvalue weighted by Gasteiger charge is -2.31. The van der Waals surface area contributed by atoms with E-state index in [2.05, 4.69) is 10.6 Å². The molecule has 0 aromatic heterocycles. The van der Waals surface area contributed by atoms with Gasteiger partial charge in [0, 0.05) is 32.1 Å². The highest BCUT2D eigenvalue weighted by molar-refractivity contribution is 5.79. The maximum atomic E-state index is 12.8. The molecule has 1 saturated heterocycles. The summed E-state index contributed by atoms with van der Waals surface area (Å²) >= 11 is 0. The van der Waals surface area contributed by atoms with Crippen molar-refractivity contribution in [2.75, 3.05) is 13.1 Å². The van der Waals surface area contributed by atoms with E-state index in [1.54, 1.807) is 11.0 Å². The minimum atomic E-state index is -4.41. The molecule has 160 valence electrons. The van der Waals surface area contributed by atoms with E-state index >= 15 is 0 Å². The molecule has 0 saturated carbocycles. The van der Waals surface area contributed by atoms with Crippen molar-refractivity contribution in [3.63, 3.8) is 0 Å². The van der Waals surface area contributed by atoms with Crippen LogP contribution < -0.4 is 10.6 Å². The lowest BCUT2D eigenvalue weighted by Crippen LogP contribution is -2.46. The highest BCUT2D eigenvalue weighted by Gasteiger charge is 2.30. The summed E-state index contributed by atoms with van der Waals surface area (Å²) in [7, 11) is 0. The van der Waals surface area contributed by atoms with Crippen LogP contribution in [0.5, 0.6) is 0 Å². The second-order valence-electron chi connectivity index (χ2n) is 7.32. The van der Waals surface area contributed by atoms with Gasteiger partial charge in [-0.15, -0.1) is 0 Å². The monoisotopic (exact) mass is 419 g/mol. The molecule has 30 heavy (non-hydrogen) atoms. The van der Waals surface area contributed by atoms with Gasteiger partial charge in [-0.2, -0.15) is 13.2 Å². The van der Waals surface area contributed by atoms with Gasteiger partial charge in [-0.25, -0.2) is 4.79 Å². The minimum absolute atomic E-state index is 0.0141. The standard InChI is InChI=1S/C22H24F3N3O2/c23-22(24,25)19-8-4-7-17(13-19)15-27-21(30)28-11-9-18(10-12-28)20(29)26-14-16-5-2-1-3-6-16/h1-8,13,18H,9-12,14-15H2,(H,26,29)(H,27,30). The molecule has 0 atom stereocenters. The van der Waals surface area contributed by atoms with E-state index in [0.717, 1.165) is 17.7 Å². The van der Waals surface area contributed by atoms with Gasteiger partial charge in [-0.1, -0.05) is 42.5 Å². The van der Waals surface area contributed by atoms with Crippen LogP contribution in [0.15, 0.2) is 54.6 Å². The van der Waals surface area contributed by atoms with Crippen molar-refractivity contribution in [2.24, 2.45) is 5.92 Å². The van der Waals surface area contributed by atoms with Gasteiger partial charge in [0.05, 0.1) is 5.56 Å². The third kappa shape index (κ3) is 5.98. The van der Waals surface area contributed by atoms with Crippen molar-refractivity contribution >= 4 is 11.9 Å². The van der Waals surface area contributed by atoms with Crippen molar-refractivity contribution in [3.05, 3.63) is 71.3 Å². The SMILES string of the molecule is O=C(NCc1ccccc1)C1CCN(C(=O)NCc2cccc(C(F)(F)F)c2)CC1. The van der Waals surface area contributed by atoms with Crippen LogP contribution in [0, 0.1) is 5.92 Å². The number of benzene rings is 2. The van der Waals surface area contributed by atoms with Crippen molar-refractivity contribution in [3.8, 4) is 0 Å². The molecule has 2 aromatic carbocycles. The van der Waals surface area contributed by atoms with Crippen molar-refractivity contribution in [2.45, 2.75) is 32.1 Å². The maximum Gasteiger partial charge on any atom is 0.416 e. The summed E-state index contributed by atoms with van der Waals surface area (Å²) in [5.74, 6) is -0.177. The number of nitrogens with one attached hydrogen (secondary N) is 2. The van der Waals surface area contributed by atoms with Crippen LogP contribution >= 0.6 is 0 Å². The average molecular weight is 419 g/mol. The van der Waals surface area contributed by atoms with Gasteiger partial charge in [0.2, 0.25) is 5.91 Å². The zero-order valence-electron chi connectivity index (χ0n) is 16.4. The Labute approximate surface area is 173 Å². The fourth-order valence-electron chi connectivity index (χ4n) is 3.42. The zero-order valence-corrected chi connectivity index (χ0v) is 16.4. The molecular weight excluding hydrogens is 395 g/mol. The average Bonchev–Trinajstić information content (AvgIpc) is 2.76. The zero-order chi connectivity index (χ0) is 21.6. The molecule has 3 rings (SSSR count). The molecule has 0 spiro atoms. The van der Waals surface area contributed by atoms with Crippen LogP contribution in [0.1, 0.15) is 29.5 Å². The number of likely N-dealkylation sites (tertiary alicyclic amines) is 1. The summed E-state index contributed by atoms with van der Waals surface area (Å²) in [6.07, 6.45) is -3.31. The van der Waals surface area contributed by atoms with E-state index in [9.17, 15) is 22.8 Å². The summed E-state index contributed by atoms with van der Waals surface area (Å²) in [6, 6.07) is 14.2. The molecule has 0 unspecified atom stereocenters. The van der Waals surface area contributed by atoms with E-state index in [1.807, 2.05) is 30.3 Å². The number of nitrogens with zero attached hydrogens (tertiary/aromatic N) is 1. The number of urea groups is 1. The topological polar surface area (TPSA) is 61.4 Å². The number of hydrogen-bond acceptors (Lipinski definition) is 2. The Balaban J connectivity index is 1.42. The number of piperidine rings is 1. The molecule has 2 aromatic rings. The number of amides is 3. The number of carbonyl (C=O) groups is 2. The summed E-state index contributed by atoms with van der Waals surface area (Å²) in [4.78, 5) is 26.3. The van der Waals surface area contributed by atoms with E-state index in [1.165, 1.54) is 6.07 Å². The lowest BCUT2D eigenvalue weighted by atomic mass is 9.96. The Bertz CT molecular complexity index is 863. The van der Waals surface area contributed by atoms with Crippen molar-refractivity contribution < 1.29 is 22.8 Å². The molecular formula is C22H24F3N3O2. The van der Waals surface area contributed by atoms with Crippen molar-refractivity contribution in [1.82, 2.24) is 15.5 Å². The Morgan fingerprint density at radius 3 is 2.20 bits per heavy atom. The second-order valence-corrected chi connectivity index (χ2v) is 7.32. The first-order valence-corrected chi connectivity index (χ1v) is 9.83. The van der Waals surface area contributed by atoms with Gasteiger partial charge in [-0.05, 0) is 36.1 Å². The van der Waals surface area contributed by atoms with Crippen LogP contribution in [0.25, 0.3) is 0 Å². The molecule has 1 heterocycles. The van der Waals surface area contributed by atoms with E-state index in [-0.39, 0.29) is 24.4 Å². The Morgan fingerprint density at radius 2 is 1.53 bits per heavy atom. The predicted molar refractivity (Wildman–Crippen MR) is 106 cm³/mol. The molecule has 1 fully saturated rings. The molecule has 5 nitrogen and oxygen atoms in total. The first-order chi connectivity index (χ1) is 14.3. The largest absolute Gasteiger partial charge is 0.416 e. The third-order valence-corrected chi connectivity index (χ3v) is 5.16. The normalized spacial score (nSPS) is 15.0. The van der Waals surface area contributed by atoms with Crippen LogP contribution in [0.3, 0.4) is 0 Å². The fraction of sp³-hybridized carbons (Fsp3) is 0.364. The molecule has 1 aliphatic heterocycles. The second kappa shape index (κ2) is 9.65. The Morgan fingerprint density at radius 1 is 0.900 bits per heavy atom. The number of carbonyl (C=O) groups excluding carboxylic acids is 2. The van der Waals surface area contributed by atoms with Gasteiger partial charge in [0.15, 0.2) is 0 Å². The third-order valence-electron chi connectivity index (χ3n) is 5.16. The van der Waals surface area contributed by atoms with Gasteiger partial charge in [-0.3, -0.25) is 4.79 Å². The fourth-order valence-corrected chi connectivity index (χ4v) is 3.42. The number of alkyl halides is 3. The lowest BCUT2D eigenvalue weighted by molar-refractivity contribution is -0.137. The van der Waals surface area contributed by atoms with Gasteiger partial charge >= 0.3 is 12.2 Å². The van der Waals surface area contributed by atoms with Crippen LogP contribution in [-0.4, -0.2) is 29.9 Å². The smallest absolute Gasteiger partial charge is 0.352 e. The maximum absolute atomic E-state index is 12.8. The van der Waals surface area contributed by atoms with Gasteiger partial charge < -0.3 is 15.5 Å². The molecule has 2 N–H and O–H groups in total. The first kappa shape index (κ1) is 21.7. The first-order valence-electron chi connectivity index (χ1n) is 9.83. The van der Waals surface area contributed by atoms with Crippen LogP contribution in [0.2, 0.25) is 0 Å². The Hall–Kier alpha value is -3.03. The molecule has 3 amide bonds. The summed E-state index contributed by atoms with van der Waals surface area (Å²) in [6.45, 7) is 1.34. The van der Waals surface area contributed by atoms with Crippen LogP contribution in [0.4, 0.5) is 18.0 Å². The van der Waals surface area contributed by atoms with E-state index in [0.29, 0.717) is 38.0 Å². The number of hydrogen-bond donors (Lipinski definition) is 2. The highest BCUT2D eigenvalue weighted by atomic mass is 19.4.